The molecule has 0 amide bonds. The topological polar surface area (TPSA) is 37.8 Å². The van der Waals surface area contributed by atoms with Crippen molar-refractivity contribution in [3.63, 3.8) is 0 Å². The summed E-state index contributed by atoms with van der Waals surface area (Å²) >= 11 is 10.9. The molecule has 1 N–H and O–H groups in total. The fourth-order valence-electron chi connectivity index (χ4n) is 1.41. The molecule has 2 heterocycles. The highest BCUT2D eigenvalue weighted by atomic mass is 79.9. The molecule has 17 heavy (non-hydrogen) atoms. The second-order valence-corrected chi connectivity index (χ2v) is 5.99. The number of thiophene rings is 1. The van der Waals surface area contributed by atoms with Gasteiger partial charge in [-0.1, -0.05) is 11.6 Å². The zero-order valence-corrected chi connectivity index (χ0v) is 12.6. The van der Waals surface area contributed by atoms with Crippen LogP contribution in [0.3, 0.4) is 0 Å². The number of nitrogens with one attached hydrogen (secondary N) is 1. The number of hydrogen-bond acceptors (Lipinski definition) is 4. The number of aryl methyl sites for hydroxylation is 1. The normalized spacial score (nSPS) is 10.6. The first-order valence-corrected chi connectivity index (χ1v) is 7.13. The van der Waals surface area contributed by atoms with Gasteiger partial charge in [0.1, 0.15) is 10.2 Å². The molecule has 0 atom stereocenters. The van der Waals surface area contributed by atoms with E-state index in [9.17, 15) is 0 Å². The van der Waals surface area contributed by atoms with Crippen molar-refractivity contribution in [3.05, 3.63) is 26.6 Å². The van der Waals surface area contributed by atoms with Crippen molar-refractivity contribution in [2.45, 2.75) is 13.8 Å². The summed E-state index contributed by atoms with van der Waals surface area (Å²) in [6, 6.07) is 3.87. The van der Waals surface area contributed by atoms with Crippen LogP contribution in [0.2, 0.25) is 4.34 Å². The van der Waals surface area contributed by atoms with E-state index in [1.54, 1.807) is 0 Å². The first kappa shape index (κ1) is 12.8. The molecule has 0 aromatic carbocycles. The Labute approximate surface area is 117 Å². The number of anilines is 1. The average Bonchev–Trinajstić information content (AvgIpc) is 2.59. The van der Waals surface area contributed by atoms with Gasteiger partial charge in [-0.15, -0.1) is 11.3 Å². The number of aromatic nitrogens is 2. The van der Waals surface area contributed by atoms with Crippen LogP contribution >= 0.6 is 38.9 Å². The predicted molar refractivity (Wildman–Crippen MR) is 77.0 cm³/mol. The van der Waals surface area contributed by atoms with Crippen LogP contribution in [-0.4, -0.2) is 16.5 Å². The van der Waals surface area contributed by atoms with Gasteiger partial charge < -0.3 is 5.32 Å². The number of rotatable bonds is 3. The fourth-order valence-corrected chi connectivity index (χ4v) is 3.04. The van der Waals surface area contributed by atoms with Gasteiger partial charge in [-0.25, -0.2) is 9.97 Å². The Morgan fingerprint density at radius 2 is 2.18 bits per heavy atom. The van der Waals surface area contributed by atoms with Crippen molar-refractivity contribution >= 4 is 44.7 Å². The van der Waals surface area contributed by atoms with Gasteiger partial charge in [-0.05, 0) is 35.8 Å². The van der Waals surface area contributed by atoms with Crippen molar-refractivity contribution in [2.75, 3.05) is 11.9 Å². The molecule has 2 aromatic heterocycles. The molecule has 0 radical (unpaired) electrons. The molecular weight excluding hydrogens is 322 g/mol. The molecule has 0 bridgehead atoms. The first-order valence-electron chi connectivity index (χ1n) is 5.15. The molecule has 2 rings (SSSR count). The maximum atomic E-state index is 6.02. The minimum absolute atomic E-state index is 0.707. The third-order valence-electron chi connectivity index (χ3n) is 2.08. The van der Waals surface area contributed by atoms with E-state index in [1.165, 1.54) is 11.3 Å². The Balaban J connectivity index is 2.44. The highest BCUT2D eigenvalue weighted by Gasteiger charge is 2.10. The highest BCUT2D eigenvalue weighted by Crippen LogP contribution is 2.36. The van der Waals surface area contributed by atoms with Crippen LogP contribution in [0.4, 0.5) is 5.82 Å². The van der Waals surface area contributed by atoms with Gasteiger partial charge >= 0.3 is 0 Å². The number of hydrogen-bond donors (Lipinski definition) is 1. The molecule has 90 valence electrons. The largest absolute Gasteiger partial charge is 0.370 e. The Morgan fingerprint density at radius 3 is 2.76 bits per heavy atom. The van der Waals surface area contributed by atoms with E-state index in [4.69, 9.17) is 11.6 Å². The molecule has 0 spiro atoms. The van der Waals surface area contributed by atoms with Gasteiger partial charge in [0.2, 0.25) is 0 Å². The minimum atomic E-state index is 0.707. The Kier molecular flexibility index (Phi) is 4.01. The lowest BCUT2D eigenvalue weighted by atomic mass is 10.3. The summed E-state index contributed by atoms with van der Waals surface area (Å²) in [4.78, 5) is 9.84. The van der Waals surface area contributed by atoms with Gasteiger partial charge in [-0.2, -0.15) is 0 Å². The van der Waals surface area contributed by atoms with Crippen LogP contribution in [0.15, 0.2) is 16.6 Å². The van der Waals surface area contributed by atoms with Gasteiger partial charge in [0.15, 0.2) is 5.82 Å². The maximum absolute atomic E-state index is 6.02. The molecule has 0 fully saturated rings. The molecule has 2 aromatic rings. The SMILES string of the molecule is CCNc1cc(C)nc(-c2cc(Br)c(Cl)s2)n1. The van der Waals surface area contributed by atoms with E-state index in [-0.39, 0.29) is 0 Å². The summed E-state index contributed by atoms with van der Waals surface area (Å²) in [5.41, 5.74) is 0.937. The summed E-state index contributed by atoms with van der Waals surface area (Å²) in [7, 11) is 0. The van der Waals surface area contributed by atoms with Crippen molar-refractivity contribution in [3.8, 4) is 10.7 Å². The van der Waals surface area contributed by atoms with Crippen molar-refractivity contribution in [1.82, 2.24) is 9.97 Å². The molecule has 0 saturated carbocycles. The first-order chi connectivity index (χ1) is 8.10. The second kappa shape index (κ2) is 5.33. The molecule has 0 saturated heterocycles. The summed E-state index contributed by atoms with van der Waals surface area (Å²) in [5, 5.41) is 3.19. The van der Waals surface area contributed by atoms with Gasteiger partial charge in [0.25, 0.3) is 0 Å². The Bertz CT molecular complexity index is 522. The summed E-state index contributed by atoms with van der Waals surface area (Å²) in [5.74, 6) is 1.55. The Morgan fingerprint density at radius 1 is 1.41 bits per heavy atom. The van der Waals surface area contributed by atoms with Crippen LogP contribution in [0.1, 0.15) is 12.6 Å². The molecule has 3 nitrogen and oxygen atoms in total. The van der Waals surface area contributed by atoms with E-state index in [0.717, 1.165) is 31.7 Å². The number of nitrogens with zero attached hydrogens (tertiary/aromatic N) is 2. The monoisotopic (exact) mass is 331 g/mol. The Hall–Kier alpha value is -0.650. The fraction of sp³-hybridized carbons (Fsp3) is 0.273. The highest BCUT2D eigenvalue weighted by molar-refractivity contribution is 9.10. The summed E-state index contributed by atoms with van der Waals surface area (Å²) in [6.45, 7) is 4.83. The van der Waals surface area contributed by atoms with Crippen LogP contribution in [-0.2, 0) is 0 Å². The van der Waals surface area contributed by atoms with Gasteiger partial charge in [-0.3, -0.25) is 0 Å². The van der Waals surface area contributed by atoms with Gasteiger partial charge in [0, 0.05) is 22.8 Å². The molecule has 0 aliphatic carbocycles. The zero-order chi connectivity index (χ0) is 12.4. The lowest BCUT2D eigenvalue weighted by molar-refractivity contribution is 1.08. The number of halogens is 2. The van der Waals surface area contributed by atoms with Gasteiger partial charge in [0.05, 0.1) is 4.88 Å². The van der Waals surface area contributed by atoms with E-state index < -0.39 is 0 Å². The van der Waals surface area contributed by atoms with Crippen molar-refractivity contribution in [2.24, 2.45) is 0 Å². The summed E-state index contributed by atoms with van der Waals surface area (Å²) in [6.07, 6.45) is 0. The second-order valence-electron chi connectivity index (χ2n) is 3.48. The smallest absolute Gasteiger partial charge is 0.171 e. The van der Waals surface area contributed by atoms with E-state index in [2.05, 4.69) is 31.2 Å². The molecule has 0 unspecified atom stereocenters. The molecule has 0 aliphatic rings. The summed E-state index contributed by atoms with van der Waals surface area (Å²) < 4.78 is 1.60. The lowest BCUT2D eigenvalue weighted by Crippen LogP contribution is -2.02. The van der Waals surface area contributed by atoms with Crippen molar-refractivity contribution < 1.29 is 0 Å². The predicted octanol–water partition coefficient (Wildman–Crippen LogP) is 4.36. The lowest BCUT2D eigenvalue weighted by Gasteiger charge is -2.05. The molecule has 0 aliphatic heterocycles. The third-order valence-corrected chi connectivity index (χ3v) is 4.55. The molecular formula is C11H11BrClN3S. The third kappa shape index (κ3) is 2.97. The van der Waals surface area contributed by atoms with Crippen LogP contribution in [0, 0.1) is 6.92 Å². The van der Waals surface area contributed by atoms with E-state index in [1.807, 2.05) is 26.0 Å². The molecule has 6 heteroatoms. The standard InChI is InChI=1S/C11H11BrClN3S/c1-3-14-9-4-6(2)15-11(16-9)8-5-7(12)10(13)17-8/h4-5H,3H2,1-2H3,(H,14,15,16). The van der Waals surface area contributed by atoms with Crippen LogP contribution < -0.4 is 5.32 Å². The quantitative estimate of drug-likeness (QED) is 0.907. The minimum Gasteiger partial charge on any atom is -0.370 e. The maximum Gasteiger partial charge on any atom is 0.171 e. The van der Waals surface area contributed by atoms with E-state index in [0.29, 0.717) is 5.82 Å². The van der Waals surface area contributed by atoms with E-state index >= 15 is 0 Å². The average molecular weight is 333 g/mol. The zero-order valence-electron chi connectivity index (χ0n) is 9.42. The van der Waals surface area contributed by atoms with Crippen LogP contribution in [0.5, 0.6) is 0 Å². The van der Waals surface area contributed by atoms with Crippen LogP contribution in [0.25, 0.3) is 10.7 Å². The van der Waals surface area contributed by atoms with Crippen molar-refractivity contribution in [1.29, 1.82) is 0 Å².